The zero-order valence-electron chi connectivity index (χ0n) is 16.9. The lowest BCUT2D eigenvalue weighted by molar-refractivity contribution is -0.123. The van der Waals surface area contributed by atoms with Crippen LogP contribution in [0.2, 0.25) is 0 Å². The highest BCUT2D eigenvalue weighted by atomic mass is 35.5. The van der Waals surface area contributed by atoms with Crippen LogP contribution in [0.25, 0.3) is 16.5 Å². The molecule has 7 nitrogen and oxygen atoms in total. The number of hydrogen-bond donors (Lipinski definition) is 1. The second kappa shape index (κ2) is 7.93. The second-order valence-electron chi connectivity index (χ2n) is 7.63. The van der Waals surface area contributed by atoms with Crippen molar-refractivity contribution in [3.05, 3.63) is 77.6 Å². The fraction of sp³-hybridized carbons (Fsp3) is 0.130. The number of benzene rings is 1. The lowest BCUT2D eigenvalue weighted by Gasteiger charge is -2.17. The third-order valence-corrected chi connectivity index (χ3v) is 5.86. The molecule has 9 heteroatoms. The van der Waals surface area contributed by atoms with E-state index in [-0.39, 0.29) is 36.0 Å². The Morgan fingerprint density at radius 1 is 1.06 bits per heavy atom. The maximum Gasteiger partial charge on any atom is 0.261 e. The lowest BCUT2D eigenvalue weighted by atomic mass is 9.92. The smallest absolute Gasteiger partial charge is 0.261 e. The zero-order chi connectivity index (χ0) is 20.4. The molecule has 1 unspecified atom stereocenters. The number of aromatic nitrogens is 1. The summed E-state index contributed by atoms with van der Waals surface area (Å²) in [6.45, 7) is 3.02. The van der Waals surface area contributed by atoms with E-state index < -0.39 is 11.8 Å². The van der Waals surface area contributed by atoms with Crippen molar-refractivity contribution in [2.75, 3.05) is 11.4 Å². The molecule has 3 aliphatic rings. The molecule has 6 rings (SSSR count). The molecular weight excluding hydrogens is 451 g/mol. The van der Waals surface area contributed by atoms with Crippen molar-refractivity contribution in [2.24, 2.45) is 4.99 Å². The van der Waals surface area contributed by atoms with Gasteiger partial charge in [0.1, 0.15) is 5.58 Å². The third kappa shape index (κ3) is 2.97. The van der Waals surface area contributed by atoms with Crippen LogP contribution in [0.5, 0.6) is 0 Å². The molecule has 0 aliphatic carbocycles. The van der Waals surface area contributed by atoms with Gasteiger partial charge in [-0.1, -0.05) is 25.1 Å². The molecule has 162 valence electrons. The van der Waals surface area contributed by atoms with E-state index in [4.69, 9.17) is 4.42 Å². The molecule has 1 N–H and O–H groups in total. The van der Waals surface area contributed by atoms with Gasteiger partial charge in [0.15, 0.2) is 0 Å². The Kier molecular flexibility index (Phi) is 5.40. The number of furan rings is 1. The highest BCUT2D eigenvalue weighted by Gasteiger charge is 2.39. The topological polar surface area (TPSA) is 87.8 Å². The number of hydrogen-bond acceptors (Lipinski definition) is 6. The van der Waals surface area contributed by atoms with Crippen LogP contribution in [0.3, 0.4) is 0 Å². The molecule has 2 amide bonds. The van der Waals surface area contributed by atoms with Gasteiger partial charge >= 0.3 is 0 Å². The molecule has 0 saturated heterocycles. The van der Waals surface area contributed by atoms with Crippen molar-refractivity contribution in [3.63, 3.8) is 0 Å². The van der Waals surface area contributed by atoms with E-state index in [0.29, 0.717) is 22.8 Å². The van der Waals surface area contributed by atoms with Crippen LogP contribution in [0.4, 0.5) is 5.69 Å². The van der Waals surface area contributed by atoms with Crippen LogP contribution in [0.15, 0.2) is 70.3 Å². The summed E-state index contributed by atoms with van der Waals surface area (Å²) < 4.78 is 5.61. The normalized spacial score (nSPS) is 18.7. The Labute approximate surface area is 195 Å². The van der Waals surface area contributed by atoms with Crippen LogP contribution in [0.1, 0.15) is 29.5 Å². The van der Waals surface area contributed by atoms with Gasteiger partial charge in [-0.2, -0.15) is 0 Å². The van der Waals surface area contributed by atoms with Crippen LogP contribution < -0.4 is 10.2 Å². The Hall–Kier alpha value is -3.42. The molecular formula is C23H18Cl2N4O3. The van der Waals surface area contributed by atoms with Gasteiger partial charge in [-0.3, -0.25) is 24.9 Å². The first-order valence-corrected chi connectivity index (χ1v) is 9.70. The number of aliphatic imine (C=N–C) groups is 1. The number of para-hydroxylation sites is 1. The van der Waals surface area contributed by atoms with Crippen LogP contribution in [0, 0.1) is 0 Å². The average molecular weight is 469 g/mol. The van der Waals surface area contributed by atoms with E-state index in [1.54, 1.807) is 30.9 Å². The van der Waals surface area contributed by atoms with Crippen LogP contribution in [-0.2, 0) is 9.59 Å². The Balaban J connectivity index is 0.00000122. The van der Waals surface area contributed by atoms with Crippen molar-refractivity contribution in [1.82, 2.24) is 10.3 Å². The summed E-state index contributed by atoms with van der Waals surface area (Å²) in [6.07, 6.45) is 8.36. The van der Waals surface area contributed by atoms with Gasteiger partial charge < -0.3 is 9.32 Å². The summed E-state index contributed by atoms with van der Waals surface area (Å²) in [5.41, 5.74) is 5.01. The number of pyridine rings is 1. The molecule has 0 radical (unpaired) electrons. The van der Waals surface area contributed by atoms with Gasteiger partial charge in [0.05, 0.1) is 28.8 Å². The van der Waals surface area contributed by atoms with Crippen molar-refractivity contribution in [1.29, 1.82) is 0 Å². The van der Waals surface area contributed by atoms with E-state index in [1.165, 1.54) is 5.56 Å². The number of rotatable bonds is 2. The summed E-state index contributed by atoms with van der Waals surface area (Å²) in [7, 11) is 0. The molecule has 1 atom stereocenters. The number of amides is 2. The molecule has 2 aromatic heterocycles. The number of imide groups is 1. The molecule has 3 aliphatic heterocycles. The number of halogens is 2. The predicted octanol–water partition coefficient (Wildman–Crippen LogP) is 3.98. The summed E-state index contributed by atoms with van der Waals surface area (Å²) in [5.74, 6) is -0.588. The maximum atomic E-state index is 13.0. The largest absolute Gasteiger partial charge is 0.464 e. The van der Waals surface area contributed by atoms with Crippen LogP contribution in [-0.4, -0.2) is 29.1 Å². The van der Waals surface area contributed by atoms with Crippen molar-refractivity contribution in [3.8, 4) is 0 Å². The van der Waals surface area contributed by atoms with E-state index in [0.717, 1.165) is 23.2 Å². The quantitative estimate of drug-likeness (QED) is 0.574. The molecule has 0 saturated carbocycles. The monoisotopic (exact) mass is 468 g/mol. The first-order chi connectivity index (χ1) is 14.6. The minimum Gasteiger partial charge on any atom is -0.464 e. The molecule has 5 heterocycles. The van der Waals surface area contributed by atoms with Crippen molar-refractivity contribution >= 4 is 64.6 Å². The van der Waals surface area contributed by atoms with Crippen molar-refractivity contribution in [2.45, 2.75) is 12.8 Å². The fourth-order valence-corrected chi connectivity index (χ4v) is 4.55. The Bertz CT molecular complexity index is 1370. The highest BCUT2D eigenvalue weighted by molar-refractivity contribution is 6.48. The molecule has 0 fully saturated rings. The maximum absolute atomic E-state index is 13.0. The summed E-state index contributed by atoms with van der Waals surface area (Å²) >= 11 is 0. The summed E-state index contributed by atoms with van der Waals surface area (Å²) in [6, 6.07) is 7.79. The number of carbonyl (C=O) groups is 2. The highest BCUT2D eigenvalue weighted by Crippen LogP contribution is 2.42. The van der Waals surface area contributed by atoms with E-state index >= 15 is 0 Å². The molecule has 1 aromatic carbocycles. The predicted molar refractivity (Wildman–Crippen MR) is 126 cm³/mol. The zero-order valence-corrected chi connectivity index (χ0v) is 18.5. The molecule has 0 bridgehead atoms. The van der Waals surface area contributed by atoms with Gasteiger partial charge in [-0.05, 0) is 11.6 Å². The summed E-state index contributed by atoms with van der Waals surface area (Å²) in [4.78, 5) is 36.8. The first kappa shape index (κ1) is 21.8. The Morgan fingerprint density at radius 2 is 1.88 bits per heavy atom. The van der Waals surface area contributed by atoms with Crippen LogP contribution >= 0.6 is 24.8 Å². The SMILES string of the molecule is CC1CN2C=CN=C(C3=C(c4cncc5ccoc45)C(=O)NC3=O)c3cccc1c32.Cl.Cl. The second-order valence-corrected chi connectivity index (χ2v) is 7.63. The minimum absolute atomic E-state index is 0. The average Bonchev–Trinajstić information content (AvgIpc) is 3.38. The van der Waals surface area contributed by atoms with E-state index in [2.05, 4.69) is 33.2 Å². The minimum atomic E-state index is -0.477. The van der Waals surface area contributed by atoms with Gasteiger partial charge in [0.25, 0.3) is 11.8 Å². The van der Waals surface area contributed by atoms with Gasteiger partial charge in [-0.15, -0.1) is 24.8 Å². The summed E-state index contributed by atoms with van der Waals surface area (Å²) in [5, 5.41) is 3.19. The number of carbonyl (C=O) groups excluding carboxylic acids is 2. The van der Waals surface area contributed by atoms with Gasteiger partial charge in [-0.25, -0.2) is 0 Å². The standard InChI is InChI=1S/C23H16N4O3.2ClH/c1-12-11-27-7-6-25-19(15-4-2-3-14(12)20(15)27)18-17(22(28)26-23(18)29)16-10-24-9-13-5-8-30-21(13)16;;/h2-10,12H,11H2,1H3,(H,26,28,29);2*1H. The fourth-order valence-electron chi connectivity index (χ4n) is 4.55. The molecule has 0 spiro atoms. The third-order valence-electron chi connectivity index (χ3n) is 5.86. The lowest BCUT2D eigenvalue weighted by Crippen LogP contribution is -2.25. The number of nitrogens with zero attached hydrogens (tertiary/aromatic N) is 3. The number of fused-ring (bicyclic) bond motifs is 1. The van der Waals surface area contributed by atoms with Gasteiger partial charge in [0.2, 0.25) is 0 Å². The number of anilines is 1. The number of nitrogens with one attached hydrogen (secondary N) is 1. The molecule has 32 heavy (non-hydrogen) atoms. The Morgan fingerprint density at radius 3 is 2.72 bits per heavy atom. The van der Waals surface area contributed by atoms with Gasteiger partial charge in [0, 0.05) is 53.8 Å². The first-order valence-electron chi connectivity index (χ1n) is 9.70. The van der Waals surface area contributed by atoms with E-state index in [1.807, 2.05) is 18.3 Å². The van der Waals surface area contributed by atoms with E-state index in [9.17, 15) is 9.59 Å². The molecule has 3 aromatic rings. The van der Waals surface area contributed by atoms with Crippen molar-refractivity contribution < 1.29 is 14.0 Å².